The Morgan fingerprint density at radius 3 is 2.20 bits per heavy atom. The van der Waals surface area contributed by atoms with Crippen molar-refractivity contribution >= 4 is 5.69 Å². The van der Waals surface area contributed by atoms with Crippen molar-refractivity contribution in [2.24, 2.45) is 0 Å². The van der Waals surface area contributed by atoms with Gasteiger partial charge in [0.15, 0.2) is 0 Å². The second kappa shape index (κ2) is 6.48. The van der Waals surface area contributed by atoms with Crippen LogP contribution in [0, 0.1) is 11.6 Å². The van der Waals surface area contributed by atoms with Crippen molar-refractivity contribution in [1.29, 1.82) is 0 Å². The van der Waals surface area contributed by atoms with Gasteiger partial charge in [0, 0.05) is 24.3 Å². The summed E-state index contributed by atoms with van der Waals surface area (Å²) in [7, 11) is 0. The number of hydrogen-bond acceptors (Lipinski definition) is 2. The van der Waals surface area contributed by atoms with E-state index in [4.69, 9.17) is 5.73 Å². The second-order valence-electron chi connectivity index (χ2n) is 4.70. The zero-order valence-electron chi connectivity index (χ0n) is 11.4. The molecule has 4 heteroatoms. The van der Waals surface area contributed by atoms with E-state index in [1.165, 1.54) is 18.2 Å². The number of nitrogen functional groups attached to an aromatic ring is 1. The highest BCUT2D eigenvalue weighted by molar-refractivity contribution is 5.46. The molecular weight excluding hydrogens is 258 g/mol. The third-order valence-corrected chi connectivity index (χ3v) is 3.34. The first-order valence-electron chi connectivity index (χ1n) is 6.60. The van der Waals surface area contributed by atoms with Crippen LogP contribution in [0.2, 0.25) is 0 Å². The first-order chi connectivity index (χ1) is 9.61. The molecule has 0 aliphatic heterocycles. The Balaban J connectivity index is 2.16. The van der Waals surface area contributed by atoms with E-state index in [-0.39, 0.29) is 12.1 Å². The predicted octanol–water partition coefficient (Wildman–Crippen LogP) is 3.57. The summed E-state index contributed by atoms with van der Waals surface area (Å²) in [6.07, 6.45) is 0. The van der Waals surface area contributed by atoms with Gasteiger partial charge >= 0.3 is 0 Å². The van der Waals surface area contributed by atoms with E-state index >= 15 is 0 Å². The maximum atomic E-state index is 13.7. The van der Waals surface area contributed by atoms with Gasteiger partial charge in [-0.2, -0.15) is 0 Å². The molecule has 2 aromatic carbocycles. The van der Waals surface area contributed by atoms with E-state index in [0.717, 1.165) is 5.56 Å². The highest BCUT2D eigenvalue weighted by Gasteiger charge is 2.13. The van der Waals surface area contributed by atoms with Gasteiger partial charge < -0.3 is 5.73 Å². The van der Waals surface area contributed by atoms with Gasteiger partial charge in [0.1, 0.15) is 11.6 Å². The Labute approximate surface area is 117 Å². The summed E-state index contributed by atoms with van der Waals surface area (Å²) >= 11 is 0. The largest absolute Gasteiger partial charge is 0.398 e. The lowest BCUT2D eigenvalue weighted by Gasteiger charge is -2.22. The fourth-order valence-corrected chi connectivity index (χ4v) is 2.11. The maximum Gasteiger partial charge on any atom is 0.130 e. The molecule has 2 nitrogen and oxygen atoms in total. The Kier molecular flexibility index (Phi) is 4.69. The van der Waals surface area contributed by atoms with Crippen molar-refractivity contribution in [3.8, 4) is 0 Å². The molecule has 2 rings (SSSR count). The standard InChI is InChI=1S/C16H18F2N2/c1-2-20(10-12-6-3-4-9-16(12)19)11-13-14(17)7-5-8-15(13)18/h3-9H,2,10-11,19H2,1H3. The fourth-order valence-electron chi connectivity index (χ4n) is 2.11. The highest BCUT2D eigenvalue weighted by atomic mass is 19.1. The molecular formula is C16H18F2N2. The van der Waals surface area contributed by atoms with Gasteiger partial charge in [-0.25, -0.2) is 8.78 Å². The van der Waals surface area contributed by atoms with Crippen molar-refractivity contribution < 1.29 is 8.78 Å². The lowest BCUT2D eigenvalue weighted by molar-refractivity contribution is 0.263. The van der Waals surface area contributed by atoms with E-state index in [1.807, 2.05) is 36.1 Å². The summed E-state index contributed by atoms with van der Waals surface area (Å²) in [5.41, 5.74) is 7.66. The van der Waals surface area contributed by atoms with Gasteiger partial charge in [0.05, 0.1) is 0 Å². The third-order valence-electron chi connectivity index (χ3n) is 3.34. The summed E-state index contributed by atoms with van der Waals surface area (Å²) < 4.78 is 27.3. The Hall–Kier alpha value is -1.94. The lowest BCUT2D eigenvalue weighted by Crippen LogP contribution is -2.24. The molecule has 0 heterocycles. The molecule has 0 unspecified atom stereocenters. The highest BCUT2D eigenvalue weighted by Crippen LogP contribution is 2.18. The topological polar surface area (TPSA) is 29.3 Å². The molecule has 0 saturated carbocycles. The van der Waals surface area contributed by atoms with Crippen molar-refractivity contribution in [1.82, 2.24) is 4.90 Å². The third kappa shape index (κ3) is 3.33. The minimum Gasteiger partial charge on any atom is -0.398 e. The molecule has 0 radical (unpaired) electrons. The normalized spacial score (nSPS) is 11.0. The molecule has 106 valence electrons. The SMILES string of the molecule is CCN(Cc1ccccc1N)Cc1c(F)cccc1F. The quantitative estimate of drug-likeness (QED) is 0.846. The van der Waals surface area contributed by atoms with E-state index in [0.29, 0.717) is 18.8 Å². The number of anilines is 1. The smallest absolute Gasteiger partial charge is 0.130 e. The molecule has 0 atom stereocenters. The van der Waals surface area contributed by atoms with Gasteiger partial charge in [-0.1, -0.05) is 31.2 Å². The molecule has 2 N–H and O–H groups in total. The summed E-state index contributed by atoms with van der Waals surface area (Å²) in [5, 5.41) is 0. The lowest BCUT2D eigenvalue weighted by atomic mass is 10.1. The van der Waals surface area contributed by atoms with Gasteiger partial charge in [-0.05, 0) is 30.3 Å². The summed E-state index contributed by atoms with van der Waals surface area (Å²) in [5.74, 6) is -1.02. The predicted molar refractivity (Wildman–Crippen MR) is 77.0 cm³/mol. The summed E-state index contributed by atoms with van der Waals surface area (Å²) in [6, 6.07) is 11.5. The second-order valence-corrected chi connectivity index (χ2v) is 4.70. The average molecular weight is 276 g/mol. The van der Waals surface area contributed by atoms with Crippen LogP contribution in [0.3, 0.4) is 0 Å². The van der Waals surface area contributed by atoms with Crippen LogP contribution in [0.15, 0.2) is 42.5 Å². The Morgan fingerprint density at radius 1 is 0.950 bits per heavy atom. The van der Waals surface area contributed by atoms with Crippen LogP contribution in [0.1, 0.15) is 18.1 Å². The average Bonchev–Trinajstić information content (AvgIpc) is 2.44. The molecule has 0 saturated heterocycles. The van der Waals surface area contributed by atoms with Crippen LogP contribution in [-0.2, 0) is 13.1 Å². The van der Waals surface area contributed by atoms with Crippen molar-refractivity contribution in [3.05, 3.63) is 65.2 Å². The van der Waals surface area contributed by atoms with Crippen LogP contribution in [-0.4, -0.2) is 11.4 Å². The van der Waals surface area contributed by atoms with E-state index in [1.54, 1.807) is 0 Å². The number of nitrogens with two attached hydrogens (primary N) is 1. The number of para-hydroxylation sites is 1. The molecule has 20 heavy (non-hydrogen) atoms. The van der Waals surface area contributed by atoms with E-state index in [9.17, 15) is 8.78 Å². The molecule has 0 fully saturated rings. The minimum atomic E-state index is -0.510. The Morgan fingerprint density at radius 2 is 1.60 bits per heavy atom. The first kappa shape index (κ1) is 14.5. The van der Waals surface area contributed by atoms with Crippen molar-refractivity contribution in [2.75, 3.05) is 12.3 Å². The van der Waals surface area contributed by atoms with E-state index in [2.05, 4.69) is 0 Å². The van der Waals surface area contributed by atoms with Crippen LogP contribution < -0.4 is 5.73 Å². The number of nitrogens with zero attached hydrogens (tertiary/aromatic N) is 1. The van der Waals surface area contributed by atoms with Crippen LogP contribution in [0.4, 0.5) is 14.5 Å². The van der Waals surface area contributed by atoms with Gasteiger partial charge in [0.25, 0.3) is 0 Å². The number of halogens is 2. The van der Waals surface area contributed by atoms with Crippen molar-refractivity contribution in [2.45, 2.75) is 20.0 Å². The van der Waals surface area contributed by atoms with Crippen LogP contribution in [0.5, 0.6) is 0 Å². The Bertz CT molecular complexity index is 564. The number of benzene rings is 2. The molecule has 0 spiro atoms. The number of hydrogen-bond donors (Lipinski definition) is 1. The molecule has 0 bridgehead atoms. The van der Waals surface area contributed by atoms with Gasteiger partial charge in [-0.3, -0.25) is 4.90 Å². The molecule has 0 aromatic heterocycles. The van der Waals surface area contributed by atoms with Crippen molar-refractivity contribution in [3.63, 3.8) is 0 Å². The zero-order valence-corrected chi connectivity index (χ0v) is 11.4. The van der Waals surface area contributed by atoms with E-state index < -0.39 is 11.6 Å². The van der Waals surface area contributed by atoms with Crippen LogP contribution >= 0.6 is 0 Å². The monoisotopic (exact) mass is 276 g/mol. The molecule has 0 amide bonds. The summed E-state index contributed by atoms with van der Waals surface area (Å²) in [4.78, 5) is 1.95. The van der Waals surface area contributed by atoms with Gasteiger partial charge in [-0.15, -0.1) is 0 Å². The maximum absolute atomic E-state index is 13.7. The zero-order chi connectivity index (χ0) is 14.5. The van der Waals surface area contributed by atoms with Gasteiger partial charge in [0.2, 0.25) is 0 Å². The van der Waals surface area contributed by atoms with Crippen LogP contribution in [0.25, 0.3) is 0 Å². The minimum absolute atomic E-state index is 0.101. The molecule has 2 aromatic rings. The number of rotatable bonds is 5. The summed E-state index contributed by atoms with van der Waals surface area (Å²) in [6.45, 7) is 3.43. The first-order valence-corrected chi connectivity index (χ1v) is 6.60. The molecule has 0 aliphatic rings. The fraction of sp³-hybridized carbons (Fsp3) is 0.250. The molecule has 0 aliphatic carbocycles.